The van der Waals surface area contributed by atoms with E-state index in [4.69, 9.17) is 0 Å². The number of hydrogen-bond acceptors (Lipinski definition) is 4. The van der Waals surface area contributed by atoms with Gasteiger partial charge in [-0.2, -0.15) is 4.68 Å². The van der Waals surface area contributed by atoms with E-state index in [1.165, 1.54) is 16.9 Å². The molecule has 7 heteroatoms. The van der Waals surface area contributed by atoms with Gasteiger partial charge in [0, 0.05) is 21.8 Å². The Balaban J connectivity index is 1.66. The van der Waals surface area contributed by atoms with E-state index in [1.54, 1.807) is 0 Å². The number of para-hydroxylation sites is 2. The molecule has 1 N–H and O–H groups in total. The van der Waals surface area contributed by atoms with E-state index >= 15 is 0 Å². The van der Waals surface area contributed by atoms with Crippen LogP contribution in [0.1, 0.15) is 0 Å². The Labute approximate surface area is 142 Å². The molecule has 4 rings (SSSR count). The smallest absolute Gasteiger partial charge is 0.389 e. The van der Waals surface area contributed by atoms with Gasteiger partial charge in [0.15, 0.2) is 0 Å². The summed E-state index contributed by atoms with van der Waals surface area (Å²) < 4.78 is 3.48. The number of fused-ring (bicyclic) bond motifs is 3. The van der Waals surface area contributed by atoms with Gasteiger partial charge >= 0.3 is 5.82 Å². The Bertz CT molecular complexity index is 1010. The van der Waals surface area contributed by atoms with Crippen molar-refractivity contribution in [3.8, 4) is 0 Å². The quantitative estimate of drug-likeness (QED) is 0.448. The van der Waals surface area contributed by atoms with Crippen molar-refractivity contribution in [3.63, 3.8) is 0 Å². The molecule has 4 aromatic rings. The van der Waals surface area contributed by atoms with Crippen LogP contribution < -0.4 is 0 Å². The second-order valence-electron chi connectivity index (χ2n) is 5.95. The lowest BCUT2D eigenvalue weighted by molar-refractivity contribution is -0.389. The van der Waals surface area contributed by atoms with Crippen LogP contribution in [0.3, 0.4) is 0 Å². The highest BCUT2D eigenvalue weighted by Gasteiger charge is 2.17. The summed E-state index contributed by atoms with van der Waals surface area (Å²) in [6.07, 6.45) is 0.784. The minimum absolute atomic E-state index is 0.189. The molecule has 7 nitrogen and oxygen atoms in total. The minimum Gasteiger partial charge on any atom is -0.389 e. The van der Waals surface area contributed by atoms with Gasteiger partial charge in [0.05, 0.1) is 36.6 Å². The van der Waals surface area contributed by atoms with Crippen LogP contribution in [0.4, 0.5) is 5.82 Å². The molecule has 0 bridgehead atoms. The number of benzene rings is 2. The van der Waals surface area contributed by atoms with Crippen molar-refractivity contribution in [2.24, 2.45) is 0 Å². The molecule has 126 valence electrons. The molecule has 0 saturated heterocycles. The van der Waals surface area contributed by atoms with E-state index in [0.29, 0.717) is 6.54 Å². The first-order valence-corrected chi connectivity index (χ1v) is 7.95. The Morgan fingerprint density at radius 2 is 1.60 bits per heavy atom. The zero-order valence-corrected chi connectivity index (χ0v) is 13.3. The van der Waals surface area contributed by atoms with E-state index in [-0.39, 0.29) is 12.4 Å². The molecule has 0 saturated carbocycles. The third kappa shape index (κ3) is 2.74. The topological polar surface area (TPSA) is 86.1 Å². The summed E-state index contributed by atoms with van der Waals surface area (Å²) >= 11 is 0. The van der Waals surface area contributed by atoms with Crippen LogP contribution in [0.2, 0.25) is 0 Å². The first kappa shape index (κ1) is 15.3. The molecule has 25 heavy (non-hydrogen) atoms. The molecule has 1 atom stereocenters. The number of nitro groups is 1. The Kier molecular flexibility index (Phi) is 3.70. The van der Waals surface area contributed by atoms with Crippen molar-refractivity contribution in [2.75, 3.05) is 0 Å². The van der Waals surface area contributed by atoms with Crippen molar-refractivity contribution in [2.45, 2.75) is 19.2 Å². The van der Waals surface area contributed by atoms with Gasteiger partial charge in [-0.25, -0.2) is 0 Å². The summed E-state index contributed by atoms with van der Waals surface area (Å²) in [5.74, 6) is -0.218. The summed E-state index contributed by atoms with van der Waals surface area (Å²) in [5.41, 5.74) is 2.10. The first-order valence-electron chi connectivity index (χ1n) is 7.95. The number of nitrogens with zero attached hydrogens (tertiary/aromatic N) is 4. The van der Waals surface area contributed by atoms with Gasteiger partial charge in [-0.3, -0.25) is 0 Å². The maximum absolute atomic E-state index is 10.7. The van der Waals surface area contributed by atoms with E-state index in [1.807, 2.05) is 36.4 Å². The molecule has 0 radical (unpaired) electrons. The molecule has 2 aromatic heterocycles. The number of aliphatic hydroxyl groups excluding tert-OH is 1. The average molecular weight is 336 g/mol. The number of rotatable bonds is 5. The number of aliphatic hydroxyl groups is 1. The minimum atomic E-state index is -0.723. The zero-order chi connectivity index (χ0) is 17.4. The van der Waals surface area contributed by atoms with Crippen LogP contribution in [0.5, 0.6) is 0 Å². The van der Waals surface area contributed by atoms with Gasteiger partial charge in [0.2, 0.25) is 0 Å². The van der Waals surface area contributed by atoms with Crippen LogP contribution in [0.15, 0.2) is 60.8 Å². The lowest BCUT2D eigenvalue weighted by atomic mass is 10.2. The van der Waals surface area contributed by atoms with Crippen LogP contribution in [-0.4, -0.2) is 30.5 Å². The van der Waals surface area contributed by atoms with Gasteiger partial charge < -0.3 is 19.8 Å². The van der Waals surface area contributed by atoms with Gasteiger partial charge in [0.1, 0.15) is 0 Å². The van der Waals surface area contributed by atoms with Gasteiger partial charge in [-0.15, -0.1) is 0 Å². The standard InChI is InChI=1S/C18H16N4O3/c23-13(11-20-10-9-18(19-20)22(24)25)12-21-16-7-3-1-5-14(16)15-6-2-4-8-17(15)21/h1-10,13,23H,11-12H2. The lowest BCUT2D eigenvalue weighted by Gasteiger charge is -2.12. The van der Waals surface area contributed by atoms with Crippen LogP contribution in [0, 0.1) is 10.1 Å². The molecule has 0 fully saturated rings. The highest BCUT2D eigenvalue weighted by molar-refractivity contribution is 6.07. The third-order valence-corrected chi connectivity index (χ3v) is 4.28. The third-order valence-electron chi connectivity index (χ3n) is 4.28. The van der Waals surface area contributed by atoms with Crippen molar-refractivity contribution in [1.29, 1.82) is 0 Å². The number of aromatic nitrogens is 3. The number of hydrogen-bond donors (Lipinski definition) is 1. The van der Waals surface area contributed by atoms with Crippen LogP contribution >= 0.6 is 0 Å². The van der Waals surface area contributed by atoms with Gasteiger partial charge in [-0.05, 0) is 17.1 Å². The monoisotopic (exact) mass is 336 g/mol. The molecular formula is C18H16N4O3. The Morgan fingerprint density at radius 3 is 2.16 bits per heavy atom. The summed E-state index contributed by atoms with van der Waals surface area (Å²) in [7, 11) is 0. The highest BCUT2D eigenvalue weighted by Crippen LogP contribution is 2.28. The fourth-order valence-corrected chi connectivity index (χ4v) is 3.23. The normalized spacial score (nSPS) is 12.7. The summed E-state index contributed by atoms with van der Waals surface area (Å²) in [6.45, 7) is 0.566. The first-order chi connectivity index (χ1) is 12.1. The van der Waals surface area contributed by atoms with Crippen molar-refractivity contribution >= 4 is 27.6 Å². The fourth-order valence-electron chi connectivity index (χ4n) is 3.23. The SMILES string of the molecule is O=[N+]([O-])c1ccn(CC(O)Cn2c3ccccc3c3ccccc32)n1. The molecule has 2 heterocycles. The van der Waals surface area contributed by atoms with E-state index in [2.05, 4.69) is 21.8 Å². The largest absolute Gasteiger partial charge is 0.389 e. The highest BCUT2D eigenvalue weighted by atomic mass is 16.6. The molecule has 0 aliphatic rings. The predicted molar refractivity (Wildman–Crippen MR) is 94.3 cm³/mol. The van der Waals surface area contributed by atoms with E-state index in [9.17, 15) is 15.2 Å². The van der Waals surface area contributed by atoms with Crippen molar-refractivity contribution in [1.82, 2.24) is 14.3 Å². The predicted octanol–water partition coefficient (Wildman–Crippen LogP) is 2.96. The van der Waals surface area contributed by atoms with Crippen molar-refractivity contribution in [3.05, 3.63) is 70.9 Å². The molecular weight excluding hydrogens is 320 g/mol. The summed E-state index contributed by atoms with van der Waals surface area (Å²) in [5, 5.41) is 27.3. The van der Waals surface area contributed by atoms with E-state index in [0.717, 1.165) is 21.8 Å². The molecule has 0 aliphatic carbocycles. The van der Waals surface area contributed by atoms with Gasteiger partial charge in [-0.1, -0.05) is 36.4 Å². The maximum Gasteiger partial charge on any atom is 0.389 e. The van der Waals surface area contributed by atoms with Gasteiger partial charge in [0.25, 0.3) is 0 Å². The Morgan fingerprint density at radius 1 is 1.00 bits per heavy atom. The fraction of sp³-hybridized carbons (Fsp3) is 0.167. The summed E-state index contributed by atoms with van der Waals surface area (Å²) in [4.78, 5) is 10.2. The summed E-state index contributed by atoms with van der Waals surface area (Å²) in [6, 6.07) is 17.5. The second-order valence-corrected chi connectivity index (χ2v) is 5.95. The van der Waals surface area contributed by atoms with E-state index < -0.39 is 11.0 Å². The zero-order valence-electron chi connectivity index (χ0n) is 13.3. The average Bonchev–Trinajstić information content (AvgIpc) is 3.19. The molecule has 1 unspecified atom stereocenters. The molecule has 2 aromatic carbocycles. The maximum atomic E-state index is 10.7. The Hall–Kier alpha value is -3.19. The molecule has 0 spiro atoms. The molecule has 0 amide bonds. The molecule has 0 aliphatic heterocycles. The lowest BCUT2D eigenvalue weighted by Crippen LogP contribution is -2.22. The second kappa shape index (κ2) is 6.03. The van der Waals surface area contributed by atoms with Crippen LogP contribution in [0.25, 0.3) is 21.8 Å². The van der Waals surface area contributed by atoms with Crippen molar-refractivity contribution < 1.29 is 10.0 Å². The van der Waals surface area contributed by atoms with Crippen LogP contribution in [-0.2, 0) is 13.1 Å².